The Balaban J connectivity index is 1.33. The number of aliphatic hydroxyl groups excluding tert-OH is 1. The van der Waals surface area contributed by atoms with Gasteiger partial charge in [-0.25, -0.2) is 4.98 Å². The summed E-state index contributed by atoms with van der Waals surface area (Å²) < 4.78 is 0. The van der Waals surface area contributed by atoms with Gasteiger partial charge in [0.05, 0.1) is 24.9 Å². The van der Waals surface area contributed by atoms with Crippen LogP contribution in [0.2, 0.25) is 0 Å². The van der Waals surface area contributed by atoms with Gasteiger partial charge in [0.15, 0.2) is 0 Å². The van der Waals surface area contributed by atoms with Crippen LogP contribution in [-0.4, -0.2) is 68.5 Å². The predicted octanol–water partition coefficient (Wildman–Crippen LogP) is 1.83. The molecule has 0 spiro atoms. The van der Waals surface area contributed by atoms with Gasteiger partial charge in [0.25, 0.3) is 5.91 Å². The zero-order valence-electron chi connectivity index (χ0n) is 17.9. The molecule has 3 atom stereocenters. The summed E-state index contributed by atoms with van der Waals surface area (Å²) in [5, 5.41) is 9.97. The maximum atomic E-state index is 12.8. The highest BCUT2D eigenvalue weighted by Crippen LogP contribution is 2.43. The Labute approximate surface area is 187 Å². The van der Waals surface area contributed by atoms with Crippen LogP contribution in [0, 0.1) is 17.8 Å². The highest BCUT2D eigenvalue weighted by Gasteiger charge is 2.54. The first-order valence-electron chi connectivity index (χ1n) is 11.2. The lowest BCUT2D eigenvalue weighted by Crippen LogP contribution is -2.73. The lowest BCUT2D eigenvalue weighted by Gasteiger charge is -2.58. The molecule has 2 aromatic rings. The second kappa shape index (κ2) is 8.71. The Bertz CT molecular complexity index is 1050. The molecule has 7 heteroatoms. The van der Waals surface area contributed by atoms with Crippen LogP contribution >= 0.6 is 0 Å². The third-order valence-electron chi connectivity index (χ3n) is 6.89. The van der Waals surface area contributed by atoms with Gasteiger partial charge < -0.3 is 14.9 Å². The van der Waals surface area contributed by atoms with Crippen molar-refractivity contribution in [1.29, 1.82) is 0 Å². The Morgan fingerprint density at radius 1 is 1.16 bits per heavy atom. The van der Waals surface area contributed by atoms with E-state index >= 15 is 0 Å². The van der Waals surface area contributed by atoms with Gasteiger partial charge in [-0.1, -0.05) is 36.8 Å². The number of amides is 2. The van der Waals surface area contributed by atoms with Crippen LogP contribution in [0.1, 0.15) is 53.2 Å². The number of hydrogen-bond acceptors (Lipinski definition) is 5. The third kappa shape index (κ3) is 3.76. The Hall–Kier alpha value is -3.24. The number of carbonyl (C=O) groups excluding carboxylic acids is 2. The smallest absolute Gasteiger partial charge is 0.274 e. The largest absolute Gasteiger partial charge is 0.394 e. The summed E-state index contributed by atoms with van der Waals surface area (Å²) in [5.74, 6) is 6.71. The summed E-state index contributed by atoms with van der Waals surface area (Å²) in [5.41, 5.74) is 2.27. The maximum Gasteiger partial charge on any atom is 0.274 e. The van der Waals surface area contributed by atoms with Gasteiger partial charge in [0, 0.05) is 36.3 Å². The molecule has 0 unspecified atom stereocenters. The van der Waals surface area contributed by atoms with Gasteiger partial charge in [-0.05, 0) is 30.5 Å². The van der Waals surface area contributed by atoms with E-state index < -0.39 is 0 Å². The van der Waals surface area contributed by atoms with E-state index in [1.54, 1.807) is 4.90 Å². The molecule has 1 aromatic carbocycles. The van der Waals surface area contributed by atoms with E-state index in [4.69, 9.17) is 0 Å². The van der Waals surface area contributed by atoms with Crippen molar-refractivity contribution >= 4 is 11.8 Å². The second-order valence-electron chi connectivity index (χ2n) is 8.79. The van der Waals surface area contributed by atoms with Crippen molar-refractivity contribution in [2.24, 2.45) is 5.92 Å². The maximum absolute atomic E-state index is 12.8. The minimum absolute atomic E-state index is 0.00911. The highest BCUT2D eigenvalue weighted by atomic mass is 16.3. The molecule has 3 heterocycles. The van der Waals surface area contributed by atoms with E-state index in [1.807, 2.05) is 24.3 Å². The Morgan fingerprint density at radius 3 is 2.62 bits per heavy atom. The molecule has 2 aliphatic heterocycles. The number of carbonyl (C=O) groups is 2. The lowest BCUT2D eigenvalue weighted by molar-refractivity contribution is -0.159. The van der Waals surface area contributed by atoms with Crippen LogP contribution in [0.15, 0.2) is 42.9 Å². The minimum atomic E-state index is -0.296. The zero-order chi connectivity index (χ0) is 22.1. The molecule has 2 saturated heterocycles. The normalized spacial score (nSPS) is 25.0. The molecule has 2 amide bonds. The summed E-state index contributed by atoms with van der Waals surface area (Å²) >= 11 is 0. The summed E-state index contributed by atoms with van der Waals surface area (Å²) in [4.78, 5) is 36.9. The number of nitrogens with zero attached hydrogens (tertiary/aromatic N) is 4. The average molecular weight is 431 g/mol. The number of aromatic nitrogens is 2. The van der Waals surface area contributed by atoms with Crippen LogP contribution in [0.25, 0.3) is 0 Å². The molecule has 1 N–H and O–H groups in total. The van der Waals surface area contributed by atoms with Crippen molar-refractivity contribution in [1.82, 2.24) is 19.8 Å². The van der Waals surface area contributed by atoms with E-state index in [-0.39, 0.29) is 48.7 Å². The quantitative estimate of drug-likeness (QED) is 0.751. The zero-order valence-corrected chi connectivity index (χ0v) is 17.9. The molecule has 5 rings (SSSR count). The van der Waals surface area contributed by atoms with Crippen LogP contribution in [0.4, 0.5) is 0 Å². The molecule has 7 nitrogen and oxygen atoms in total. The molecule has 164 valence electrons. The van der Waals surface area contributed by atoms with Gasteiger partial charge in [0.1, 0.15) is 12.2 Å². The van der Waals surface area contributed by atoms with Crippen LogP contribution in [0.5, 0.6) is 0 Å². The third-order valence-corrected chi connectivity index (χ3v) is 6.89. The fourth-order valence-corrected chi connectivity index (χ4v) is 5.27. The van der Waals surface area contributed by atoms with E-state index in [0.29, 0.717) is 12.5 Å². The van der Waals surface area contributed by atoms with Crippen molar-refractivity contribution in [2.75, 3.05) is 19.7 Å². The molecule has 32 heavy (non-hydrogen) atoms. The minimum Gasteiger partial charge on any atom is -0.394 e. The number of fused-ring (bicyclic) bond motifs is 1. The molecular weight excluding hydrogens is 404 g/mol. The van der Waals surface area contributed by atoms with Gasteiger partial charge >= 0.3 is 0 Å². The first kappa shape index (κ1) is 20.7. The van der Waals surface area contributed by atoms with Crippen molar-refractivity contribution < 1.29 is 14.7 Å². The molecule has 3 aliphatic rings. The molecule has 1 aromatic heterocycles. The molecule has 1 aliphatic carbocycles. The van der Waals surface area contributed by atoms with Crippen molar-refractivity contribution in [3.8, 4) is 11.8 Å². The molecule has 1 saturated carbocycles. The first-order valence-corrected chi connectivity index (χ1v) is 11.2. The second-order valence-corrected chi connectivity index (χ2v) is 8.79. The van der Waals surface area contributed by atoms with Crippen molar-refractivity contribution in [3.05, 3.63) is 59.7 Å². The number of piperazine rings is 1. The van der Waals surface area contributed by atoms with Crippen LogP contribution in [-0.2, 0) is 4.79 Å². The lowest BCUT2D eigenvalue weighted by atomic mass is 9.73. The first-order chi connectivity index (χ1) is 15.7. The molecule has 3 fully saturated rings. The van der Waals surface area contributed by atoms with E-state index in [0.717, 1.165) is 11.1 Å². The fourth-order valence-electron chi connectivity index (χ4n) is 5.27. The van der Waals surface area contributed by atoms with Gasteiger partial charge in [0.2, 0.25) is 5.91 Å². The molecule has 0 radical (unpaired) electrons. The Morgan fingerprint density at radius 2 is 1.94 bits per heavy atom. The SMILES string of the molecule is O=C(c1cnccn1)N1CC(=O)N2[C@H](CO)[C@H](c3ccc(C#CC4CCCC4)cc3)[C@H]2C1. The summed E-state index contributed by atoms with van der Waals surface area (Å²) in [6.07, 6.45) is 9.33. The van der Waals surface area contributed by atoms with E-state index in [1.165, 1.54) is 49.2 Å². The number of aliphatic hydroxyl groups is 1. The number of hydrogen-bond donors (Lipinski definition) is 1. The fraction of sp³-hybridized carbons (Fsp3) is 0.440. The van der Waals surface area contributed by atoms with Gasteiger partial charge in [-0.15, -0.1) is 0 Å². The topological polar surface area (TPSA) is 86.6 Å². The molecule has 0 bridgehead atoms. The van der Waals surface area contributed by atoms with Gasteiger partial charge in [-0.2, -0.15) is 0 Å². The van der Waals surface area contributed by atoms with Crippen molar-refractivity contribution in [2.45, 2.75) is 43.7 Å². The van der Waals surface area contributed by atoms with Crippen molar-refractivity contribution in [3.63, 3.8) is 0 Å². The number of benzene rings is 1. The monoisotopic (exact) mass is 430 g/mol. The Kier molecular flexibility index (Phi) is 5.62. The summed E-state index contributed by atoms with van der Waals surface area (Å²) in [7, 11) is 0. The highest BCUT2D eigenvalue weighted by molar-refractivity contribution is 5.96. The summed E-state index contributed by atoms with van der Waals surface area (Å²) in [6.45, 7) is 0.296. The summed E-state index contributed by atoms with van der Waals surface area (Å²) in [6, 6.07) is 7.68. The van der Waals surface area contributed by atoms with E-state index in [9.17, 15) is 14.7 Å². The van der Waals surface area contributed by atoms with Gasteiger partial charge in [-0.3, -0.25) is 14.6 Å². The van der Waals surface area contributed by atoms with E-state index in [2.05, 4.69) is 21.8 Å². The van der Waals surface area contributed by atoms with Crippen LogP contribution in [0.3, 0.4) is 0 Å². The van der Waals surface area contributed by atoms with Crippen LogP contribution < -0.4 is 0 Å². The molecular formula is C25H26N4O3. The average Bonchev–Trinajstić information content (AvgIpc) is 3.33. The standard InChI is InChI=1S/C25H26N4O3/c30-16-22-24(19-9-7-18(8-10-19)6-5-17-3-1-2-4-17)21-14-28(15-23(31)29(21)22)25(32)20-13-26-11-12-27-20/h7-13,17,21-22,24,30H,1-4,14-16H2/t21-,22-,24-/m1/s1. The number of rotatable bonds is 3. The predicted molar refractivity (Wildman–Crippen MR) is 117 cm³/mol.